The van der Waals surface area contributed by atoms with Crippen molar-refractivity contribution in [2.45, 2.75) is 13.1 Å². The lowest BCUT2D eigenvalue weighted by atomic mass is 10.1. The Labute approximate surface area is 86.0 Å². The number of esters is 1. The summed E-state index contributed by atoms with van der Waals surface area (Å²) >= 11 is -2.85. The van der Waals surface area contributed by atoms with Gasteiger partial charge in [-0.25, -0.2) is 0 Å². The monoisotopic (exact) mass is 250 g/mol. The molecule has 90 valence electrons. The number of halogens is 3. The number of hydrogen-bond donors (Lipinski definition) is 1. The van der Waals surface area contributed by atoms with Crippen molar-refractivity contribution in [1.82, 2.24) is 0 Å². The summed E-state index contributed by atoms with van der Waals surface area (Å²) < 4.78 is 62.6. The van der Waals surface area contributed by atoms with Crippen molar-refractivity contribution in [2.24, 2.45) is 5.92 Å². The topological polar surface area (TPSA) is 72.8 Å². The molecule has 0 aliphatic rings. The van der Waals surface area contributed by atoms with Crippen LogP contribution in [-0.4, -0.2) is 34.1 Å². The van der Waals surface area contributed by atoms with Crippen LogP contribution in [0.25, 0.3) is 0 Å². The van der Waals surface area contributed by atoms with Crippen molar-refractivity contribution in [3.8, 4) is 0 Å². The molecule has 0 fully saturated rings. The molecule has 0 aliphatic carbocycles. The molecule has 0 heterocycles. The quantitative estimate of drug-likeness (QED) is 0.579. The molecule has 1 unspecified atom stereocenters. The standard InChI is InChI=1S/C6H9F3O5S/c1-2-13-5(10)4(6(7,8)9)3-14-15(11)12/h4H,2-3H2,1H3,(H,11,12)/t4-/m1/s1. The molecule has 0 rings (SSSR count). The van der Waals surface area contributed by atoms with Gasteiger partial charge in [-0.3, -0.25) is 13.5 Å². The zero-order valence-electron chi connectivity index (χ0n) is 7.61. The highest BCUT2D eigenvalue weighted by Crippen LogP contribution is 2.27. The van der Waals surface area contributed by atoms with E-state index in [2.05, 4.69) is 8.92 Å². The third-order valence-electron chi connectivity index (χ3n) is 1.30. The molecule has 0 saturated carbocycles. The van der Waals surface area contributed by atoms with Gasteiger partial charge in [0.1, 0.15) is 0 Å². The van der Waals surface area contributed by atoms with Gasteiger partial charge < -0.3 is 4.74 Å². The minimum atomic E-state index is -4.87. The SMILES string of the molecule is CCOC(=O)[C@@H](COS(=O)O)C(F)(F)F. The van der Waals surface area contributed by atoms with Crippen molar-refractivity contribution in [2.75, 3.05) is 13.2 Å². The van der Waals surface area contributed by atoms with E-state index in [1.807, 2.05) is 0 Å². The van der Waals surface area contributed by atoms with Gasteiger partial charge in [0, 0.05) is 0 Å². The fraction of sp³-hybridized carbons (Fsp3) is 0.833. The molecule has 9 heteroatoms. The van der Waals surface area contributed by atoms with Crippen LogP contribution in [0.1, 0.15) is 6.92 Å². The third-order valence-corrected chi connectivity index (χ3v) is 1.64. The maximum atomic E-state index is 12.2. The lowest BCUT2D eigenvalue weighted by molar-refractivity contribution is -0.201. The van der Waals surface area contributed by atoms with Gasteiger partial charge >= 0.3 is 23.5 Å². The second kappa shape index (κ2) is 6.03. The summed E-state index contributed by atoms with van der Waals surface area (Å²) in [5.41, 5.74) is 0. The van der Waals surface area contributed by atoms with Gasteiger partial charge in [-0.1, -0.05) is 0 Å². The molecule has 2 atom stereocenters. The summed E-state index contributed by atoms with van der Waals surface area (Å²) in [6.07, 6.45) is -4.87. The average Bonchev–Trinajstić information content (AvgIpc) is 2.01. The highest BCUT2D eigenvalue weighted by Gasteiger charge is 2.46. The number of alkyl halides is 3. The van der Waals surface area contributed by atoms with Crippen molar-refractivity contribution in [1.29, 1.82) is 0 Å². The number of hydrogen-bond acceptors (Lipinski definition) is 4. The first-order valence-corrected chi connectivity index (χ1v) is 4.79. The minimum Gasteiger partial charge on any atom is -0.465 e. The molecule has 15 heavy (non-hydrogen) atoms. The first kappa shape index (κ1) is 14.3. The van der Waals surface area contributed by atoms with Gasteiger partial charge in [0.15, 0.2) is 5.92 Å². The number of ether oxygens (including phenoxy) is 1. The van der Waals surface area contributed by atoms with Crippen LogP contribution in [0, 0.1) is 5.92 Å². The van der Waals surface area contributed by atoms with Gasteiger partial charge in [0.25, 0.3) is 0 Å². The number of carbonyl (C=O) groups is 1. The highest BCUT2D eigenvalue weighted by molar-refractivity contribution is 7.74. The summed E-state index contributed by atoms with van der Waals surface area (Å²) in [4.78, 5) is 10.8. The molecule has 0 bridgehead atoms. The fourth-order valence-corrected chi connectivity index (χ4v) is 0.918. The predicted octanol–water partition coefficient (Wildman–Crippen LogP) is 0.881. The lowest BCUT2D eigenvalue weighted by Crippen LogP contribution is -2.36. The van der Waals surface area contributed by atoms with Crippen molar-refractivity contribution in [3.05, 3.63) is 0 Å². The van der Waals surface area contributed by atoms with Crippen LogP contribution in [0.2, 0.25) is 0 Å². The van der Waals surface area contributed by atoms with Crippen LogP contribution < -0.4 is 0 Å². The summed E-state index contributed by atoms with van der Waals surface area (Å²) in [7, 11) is 0. The predicted molar refractivity (Wildman–Crippen MR) is 42.9 cm³/mol. The lowest BCUT2D eigenvalue weighted by Gasteiger charge is -2.17. The Morgan fingerprint density at radius 2 is 2.07 bits per heavy atom. The molecule has 1 N–H and O–H groups in total. The van der Waals surface area contributed by atoms with E-state index in [-0.39, 0.29) is 6.61 Å². The van der Waals surface area contributed by atoms with Crippen LogP contribution in [0.5, 0.6) is 0 Å². The largest absolute Gasteiger partial charge is 0.465 e. The fourth-order valence-electron chi connectivity index (χ4n) is 0.665. The van der Waals surface area contributed by atoms with E-state index < -0.39 is 36.0 Å². The molecule has 0 amide bonds. The van der Waals surface area contributed by atoms with Gasteiger partial charge in [-0.15, -0.1) is 0 Å². The normalized spacial score (nSPS) is 15.8. The van der Waals surface area contributed by atoms with Crippen molar-refractivity contribution >= 4 is 17.3 Å². The van der Waals surface area contributed by atoms with Crippen molar-refractivity contribution in [3.63, 3.8) is 0 Å². The maximum Gasteiger partial charge on any atom is 0.404 e. The molecule has 0 aromatic rings. The molecule has 0 spiro atoms. The molecular weight excluding hydrogens is 241 g/mol. The van der Waals surface area contributed by atoms with Gasteiger partial charge in [-0.2, -0.15) is 17.4 Å². The molecule has 0 aromatic heterocycles. The Balaban J connectivity index is 4.45. The Morgan fingerprint density at radius 3 is 2.40 bits per heavy atom. The average molecular weight is 250 g/mol. The minimum absolute atomic E-state index is 0.215. The van der Waals surface area contributed by atoms with E-state index in [1.165, 1.54) is 6.92 Å². The van der Waals surface area contributed by atoms with Crippen LogP contribution in [0.3, 0.4) is 0 Å². The van der Waals surface area contributed by atoms with E-state index in [0.29, 0.717) is 0 Å². The van der Waals surface area contributed by atoms with E-state index >= 15 is 0 Å². The molecule has 0 radical (unpaired) electrons. The third kappa shape index (κ3) is 5.70. The summed E-state index contributed by atoms with van der Waals surface area (Å²) in [5.74, 6) is -4.08. The molecule has 0 saturated heterocycles. The second-order valence-corrected chi connectivity index (χ2v) is 3.02. The van der Waals surface area contributed by atoms with E-state index in [1.54, 1.807) is 0 Å². The van der Waals surface area contributed by atoms with E-state index in [0.717, 1.165) is 0 Å². The zero-order valence-corrected chi connectivity index (χ0v) is 8.43. The second-order valence-electron chi connectivity index (χ2n) is 2.35. The molecule has 5 nitrogen and oxygen atoms in total. The van der Waals surface area contributed by atoms with E-state index in [4.69, 9.17) is 4.55 Å². The summed E-state index contributed by atoms with van der Waals surface area (Å²) in [5, 5.41) is 0. The van der Waals surface area contributed by atoms with Gasteiger partial charge in [-0.05, 0) is 6.92 Å². The van der Waals surface area contributed by atoms with Crippen LogP contribution in [0.15, 0.2) is 0 Å². The maximum absolute atomic E-state index is 12.2. The van der Waals surface area contributed by atoms with Crippen LogP contribution >= 0.6 is 0 Å². The molecular formula is C6H9F3O5S. The molecule has 0 aromatic carbocycles. The summed E-state index contributed by atoms with van der Waals surface area (Å²) in [6.45, 7) is -0.116. The molecule has 0 aliphatic heterocycles. The van der Waals surface area contributed by atoms with Gasteiger partial charge in [0.05, 0.1) is 13.2 Å². The Bertz CT molecular complexity index is 241. The Morgan fingerprint density at radius 1 is 1.53 bits per heavy atom. The zero-order chi connectivity index (χ0) is 12.1. The first-order valence-electron chi connectivity index (χ1n) is 3.76. The summed E-state index contributed by atoms with van der Waals surface area (Å²) in [6, 6.07) is 0. The van der Waals surface area contributed by atoms with Crippen LogP contribution in [0.4, 0.5) is 13.2 Å². The van der Waals surface area contributed by atoms with Crippen LogP contribution in [-0.2, 0) is 25.1 Å². The number of rotatable bonds is 5. The number of carbonyl (C=O) groups excluding carboxylic acids is 1. The first-order chi connectivity index (χ1) is 6.79. The highest BCUT2D eigenvalue weighted by atomic mass is 32.2. The van der Waals surface area contributed by atoms with Gasteiger partial charge in [0.2, 0.25) is 0 Å². The van der Waals surface area contributed by atoms with E-state index in [9.17, 15) is 22.2 Å². The Kier molecular flexibility index (Phi) is 5.76. The van der Waals surface area contributed by atoms with Crippen molar-refractivity contribution < 1.29 is 35.6 Å². The smallest absolute Gasteiger partial charge is 0.404 e. The Hall–Kier alpha value is -0.670.